The standard InChI is InChI=1S/C20H21ClF2N8O2/c1-4-13(24-2)10-31(33)20(32)26-9-17-15(22)5-11(8-25-17)14-6-12(21)7-16(23)18(14)19-27-29-30(3)28-19/h5-8,33H,4,9-10H2,1-3H3,(H,26,32). The van der Waals surface area contributed by atoms with E-state index in [1.54, 1.807) is 7.05 Å². The molecule has 0 atom stereocenters. The van der Waals surface area contributed by atoms with Gasteiger partial charge in [0.05, 0.1) is 31.4 Å². The van der Waals surface area contributed by atoms with E-state index in [1.807, 2.05) is 6.92 Å². The van der Waals surface area contributed by atoms with Gasteiger partial charge < -0.3 is 5.32 Å². The van der Waals surface area contributed by atoms with Gasteiger partial charge in [0, 0.05) is 29.5 Å². The summed E-state index contributed by atoms with van der Waals surface area (Å²) in [5.74, 6) is -1.45. The van der Waals surface area contributed by atoms with Crippen LogP contribution in [0.25, 0.3) is 22.5 Å². The van der Waals surface area contributed by atoms with Gasteiger partial charge in [0.1, 0.15) is 11.6 Å². The second kappa shape index (κ2) is 10.4. The third-order valence-corrected chi connectivity index (χ3v) is 4.93. The molecule has 0 bridgehead atoms. The molecule has 1 aromatic carbocycles. The second-order valence-electron chi connectivity index (χ2n) is 6.92. The molecule has 174 valence electrons. The molecular formula is C20H21ClF2N8O2. The fraction of sp³-hybridized carbons (Fsp3) is 0.300. The Labute approximate surface area is 192 Å². The SMILES string of the molecule is CCC(CN(O)C(=O)NCc1ncc(-c2cc(Cl)cc(F)c2-c2nnn(C)n2)cc1F)=NC. The van der Waals surface area contributed by atoms with Crippen LogP contribution >= 0.6 is 11.6 Å². The minimum Gasteiger partial charge on any atom is -0.330 e. The highest BCUT2D eigenvalue weighted by Crippen LogP contribution is 2.35. The van der Waals surface area contributed by atoms with Crippen LogP contribution in [-0.2, 0) is 13.6 Å². The third kappa shape index (κ3) is 5.65. The molecule has 0 fully saturated rings. The Morgan fingerprint density at radius 2 is 2.06 bits per heavy atom. The number of benzene rings is 1. The summed E-state index contributed by atoms with van der Waals surface area (Å²) in [4.78, 5) is 21.2. The summed E-state index contributed by atoms with van der Waals surface area (Å²) in [6.45, 7) is 1.48. The molecule has 0 saturated heterocycles. The van der Waals surface area contributed by atoms with E-state index < -0.39 is 17.7 Å². The number of aliphatic imine (C=N–C) groups is 1. The summed E-state index contributed by atoms with van der Waals surface area (Å²) in [5.41, 5.74) is 0.977. The lowest BCUT2D eigenvalue weighted by Crippen LogP contribution is -2.40. The number of carbonyl (C=O) groups excluding carboxylic acids is 1. The van der Waals surface area contributed by atoms with Gasteiger partial charge in [-0.15, -0.1) is 10.2 Å². The molecule has 0 aliphatic rings. The molecule has 2 heterocycles. The number of carbonyl (C=O) groups is 1. The third-order valence-electron chi connectivity index (χ3n) is 4.71. The Hall–Kier alpha value is -3.51. The highest BCUT2D eigenvalue weighted by molar-refractivity contribution is 6.31. The number of hydrogen-bond acceptors (Lipinski definition) is 7. The van der Waals surface area contributed by atoms with Crippen LogP contribution in [0.5, 0.6) is 0 Å². The highest BCUT2D eigenvalue weighted by atomic mass is 35.5. The van der Waals surface area contributed by atoms with Gasteiger partial charge in [-0.2, -0.15) is 4.80 Å². The van der Waals surface area contributed by atoms with E-state index >= 15 is 0 Å². The lowest BCUT2D eigenvalue weighted by atomic mass is 9.99. The van der Waals surface area contributed by atoms with Crippen molar-refractivity contribution in [2.24, 2.45) is 12.0 Å². The maximum atomic E-state index is 14.8. The number of urea groups is 1. The monoisotopic (exact) mass is 478 g/mol. The van der Waals surface area contributed by atoms with Crippen molar-refractivity contribution in [1.29, 1.82) is 0 Å². The molecule has 0 radical (unpaired) electrons. The molecular weight excluding hydrogens is 458 g/mol. The van der Waals surface area contributed by atoms with Crippen molar-refractivity contribution < 1.29 is 18.8 Å². The average Bonchev–Trinajstić information content (AvgIpc) is 3.21. The van der Waals surface area contributed by atoms with E-state index in [4.69, 9.17) is 11.6 Å². The molecule has 33 heavy (non-hydrogen) atoms. The molecule has 0 saturated carbocycles. The van der Waals surface area contributed by atoms with Crippen LogP contribution < -0.4 is 5.32 Å². The first-order chi connectivity index (χ1) is 15.7. The lowest BCUT2D eigenvalue weighted by Gasteiger charge is -2.16. The van der Waals surface area contributed by atoms with E-state index in [0.29, 0.717) is 17.2 Å². The van der Waals surface area contributed by atoms with Crippen LogP contribution in [-0.4, -0.2) is 60.8 Å². The summed E-state index contributed by atoms with van der Waals surface area (Å²) in [6.07, 6.45) is 1.87. The molecule has 2 N–H and O–H groups in total. The predicted molar refractivity (Wildman–Crippen MR) is 117 cm³/mol. The first-order valence-electron chi connectivity index (χ1n) is 9.80. The Bertz CT molecular complexity index is 1200. The first kappa shape index (κ1) is 24.1. The van der Waals surface area contributed by atoms with Crippen LogP contribution in [0.4, 0.5) is 13.6 Å². The molecule has 3 aromatic rings. The van der Waals surface area contributed by atoms with Gasteiger partial charge in [-0.1, -0.05) is 18.5 Å². The van der Waals surface area contributed by atoms with Crippen LogP contribution in [0.2, 0.25) is 5.02 Å². The zero-order valence-corrected chi connectivity index (χ0v) is 18.8. The smallest absolute Gasteiger partial charge is 0.330 e. The minimum absolute atomic E-state index is 0.00326. The maximum absolute atomic E-state index is 14.8. The predicted octanol–water partition coefficient (Wildman–Crippen LogP) is 3.25. The molecule has 0 spiro atoms. The van der Waals surface area contributed by atoms with Gasteiger partial charge in [0.2, 0.25) is 5.82 Å². The van der Waals surface area contributed by atoms with Gasteiger partial charge in [0.15, 0.2) is 0 Å². The second-order valence-corrected chi connectivity index (χ2v) is 7.36. The molecule has 2 amide bonds. The summed E-state index contributed by atoms with van der Waals surface area (Å²) in [6, 6.07) is 2.84. The van der Waals surface area contributed by atoms with E-state index in [1.165, 1.54) is 19.3 Å². The number of hydrogen-bond donors (Lipinski definition) is 2. The van der Waals surface area contributed by atoms with Crippen molar-refractivity contribution in [3.8, 4) is 22.5 Å². The number of aryl methyl sites for hydroxylation is 1. The zero-order valence-electron chi connectivity index (χ0n) is 18.1. The van der Waals surface area contributed by atoms with E-state index in [2.05, 4.69) is 30.7 Å². The van der Waals surface area contributed by atoms with Crippen molar-refractivity contribution in [1.82, 2.24) is 35.6 Å². The number of pyridine rings is 1. The molecule has 10 nitrogen and oxygen atoms in total. The largest absolute Gasteiger partial charge is 0.341 e. The zero-order chi connectivity index (χ0) is 24.1. The van der Waals surface area contributed by atoms with Crippen molar-refractivity contribution in [3.63, 3.8) is 0 Å². The fourth-order valence-electron chi connectivity index (χ4n) is 2.99. The van der Waals surface area contributed by atoms with Crippen molar-refractivity contribution in [3.05, 3.63) is 46.7 Å². The van der Waals surface area contributed by atoms with Crippen molar-refractivity contribution in [2.75, 3.05) is 13.6 Å². The van der Waals surface area contributed by atoms with Gasteiger partial charge in [-0.25, -0.2) is 18.6 Å². The minimum atomic E-state index is -0.831. The van der Waals surface area contributed by atoms with E-state index in [0.717, 1.165) is 16.9 Å². The number of nitrogens with zero attached hydrogens (tertiary/aromatic N) is 7. The van der Waals surface area contributed by atoms with Gasteiger partial charge in [0.25, 0.3) is 0 Å². The van der Waals surface area contributed by atoms with Crippen LogP contribution in [0.15, 0.2) is 29.4 Å². The summed E-state index contributed by atoms with van der Waals surface area (Å²) >= 11 is 6.01. The Morgan fingerprint density at radius 1 is 1.30 bits per heavy atom. The molecule has 0 unspecified atom stereocenters. The van der Waals surface area contributed by atoms with E-state index in [9.17, 15) is 18.8 Å². The lowest BCUT2D eigenvalue weighted by molar-refractivity contribution is -0.0295. The number of rotatable bonds is 7. The molecule has 2 aromatic heterocycles. The molecule has 0 aliphatic carbocycles. The first-order valence-corrected chi connectivity index (χ1v) is 10.2. The number of aromatic nitrogens is 5. The molecule has 0 aliphatic heterocycles. The summed E-state index contributed by atoms with van der Waals surface area (Å²) in [5, 5.41) is 24.3. The summed E-state index contributed by atoms with van der Waals surface area (Å²) < 4.78 is 29.5. The maximum Gasteiger partial charge on any atom is 0.341 e. The molecule has 3 rings (SSSR count). The quantitative estimate of drug-likeness (QED) is 0.305. The number of nitrogens with one attached hydrogen (secondary N) is 1. The van der Waals surface area contributed by atoms with Gasteiger partial charge in [-0.05, 0) is 35.4 Å². The fourth-order valence-corrected chi connectivity index (χ4v) is 3.20. The Balaban J connectivity index is 1.82. The topological polar surface area (TPSA) is 121 Å². The molecule has 13 heteroatoms. The Morgan fingerprint density at radius 3 is 2.67 bits per heavy atom. The van der Waals surface area contributed by atoms with Crippen LogP contribution in [0, 0.1) is 11.6 Å². The van der Waals surface area contributed by atoms with Crippen molar-refractivity contribution in [2.45, 2.75) is 19.9 Å². The van der Waals surface area contributed by atoms with Gasteiger partial charge in [-0.3, -0.25) is 15.2 Å². The summed E-state index contributed by atoms with van der Waals surface area (Å²) in [7, 11) is 3.09. The van der Waals surface area contributed by atoms with Crippen LogP contribution in [0.3, 0.4) is 0 Å². The number of amides is 2. The average molecular weight is 479 g/mol. The number of halogens is 3. The number of hydroxylamine groups is 2. The van der Waals surface area contributed by atoms with Crippen molar-refractivity contribution >= 4 is 23.3 Å². The normalized spacial score (nSPS) is 11.5. The van der Waals surface area contributed by atoms with Gasteiger partial charge >= 0.3 is 6.03 Å². The Kier molecular flexibility index (Phi) is 7.61. The van der Waals surface area contributed by atoms with Crippen LogP contribution in [0.1, 0.15) is 19.0 Å². The van der Waals surface area contributed by atoms with E-state index in [-0.39, 0.29) is 46.3 Å². The highest BCUT2D eigenvalue weighted by Gasteiger charge is 2.20. The number of tetrazole rings is 1.